The molecule has 26 heavy (non-hydrogen) atoms. The minimum Gasteiger partial charge on any atom is -0.322 e. The van der Waals surface area contributed by atoms with Crippen LogP contribution in [0.4, 0.5) is 0 Å². The van der Waals surface area contributed by atoms with Crippen LogP contribution in [0.2, 0.25) is 0 Å². The van der Waals surface area contributed by atoms with Crippen molar-refractivity contribution in [2.24, 2.45) is 5.10 Å². The lowest BCUT2D eigenvalue weighted by atomic mass is 10.2. The van der Waals surface area contributed by atoms with E-state index in [1.165, 1.54) is 10.5 Å². The summed E-state index contributed by atoms with van der Waals surface area (Å²) in [5.41, 5.74) is 4.96. The van der Waals surface area contributed by atoms with Crippen LogP contribution in [-0.2, 0) is 11.3 Å². The summed E-state index contributed by atoms with van der Waals surface area (Å²) in [5, 5.41) is 4.07. The van der Waals surface area contributed by atoms with E-state index in [9.17, 15) is 4.79 Å². The largest absolute Gasteiger partial charge is 0.322 e. The zero-order valence-electron chi connectivity index (χ0n) is 14.7. The second kappa shape index (κ2) is 9.62. The van der Waals surface area contributed by atoms with Crippen molar-refractivity contribution in [2.75, 3.05) is 32.7 Å². The van der Waals surface area contributed by atoms with E-state index < -0.39 is 0 Å². The third-order valence-corrected chi connectivity index (χ3v) is 5.39. The van der Waals surface area contributed by atoms with E-state index in [2.05, 4.69) is 56.8 Å². The molecule has 0 atom stereocenters. The molecule has 1 fully saturated rings. The molecule has 136 valence electrons. The lowest BCUT2D eigenvalue weighted by Crippen LogP contribution is -3.28. The molecule has 1 saturated heterocycles. The summed E-state index contributed by atoms with van der Waals surface area (Å²) in [6.45, 7) is 5.77. The Morgan fingerprint density at radius 1 is 1.00 bits per heavy atom. The van der Waals surface area contributed by atoms with Crippen molar-refractivity contribution in [3.63, 3.8) is 0 Å². The molecule has 0 unspecified atom stereocenters. The van der Waals surface area contributed by atoms with Gasteiger partial charge in [-0.15, -0.1) is 0 Å². The van der Waals surface area contributed by atoms with E-state index in [1.54, 1.807) is 11.1 Å². The minimum absolute atomic E-state index is 0.0326. The smallest absolute Gasteiger partial charge is 0.295 e. The van der Waals surface area contributed by atoms with Gasteiger partial charge in [0.2, 0.25) is 0 Å². The van der Waals surface area contributed by atoms with E-state index in [1.807, 2.05) is 24.3 Å². The summed E-state index contributed by atoms with van der Waals surface area (Å²) in [4.78, 5) is 15.0. The van der Waals surface area contributed by atoms with Gasteiger partial charge in [-0.05, 0) is 6.07 Å². The number of halogens is 1. The molecule has 0 spiro atoms. The van der Waals surface area contributed by atoms with Gasteiger partial charge in [-0.25, -0.2) is 5.43 Å². The molecule has 1 aliphatic heterocycles. The van der Waals surface area contributed by atoms with Crippen molar-refractivity contribution >= 4 is 28.1 Å². The first kappa shape index (κ1) is 18.8. The summed E-state index contributed by atoms with van der Waals surface area (Å²) in [7, 11) is 0. The third kappa shape index (κ3) is 5.76. The highest BCUT2D eigenvalue weighted by atomic mass is 79.9. The van der Waals surface area contributed by atoms with Crippen LogP contribution in [0.3, 0.4) is 0 Å². The third-order valence-electron chi connectivity index (χ3n) is 4.67. The molecular weight excluding hydrogens is 392 g/mol. The fourth-order valence-corrected chi connectivity index (χ4v) is 3.60. The highest BCUT2D eigenvalue weighted by Gasteiger charge is 2.24. The molecule has 0 saturated carbocycles. The topological polar surface area (TPSA) is 50.3 Å². The number of hydrogen-bond acceptors (Lipinski definition) is 2. The number of piperazine rings is 1. The van der Waals surface area contributed by atoms with Crippen molar-refractivity contribution in [1.82, 2.24) is 5.43 Å². The number of nitrogens with one attached hydrogen (secondary N) is 3. The predicted molar refractivity (Wildman–Crippen MR) is 106 cm³/mol. The predicted octanol–water partition coefficient (Wildman–Crippen LogP) is -0.117. The van der Waals surface area contributed by atoms with Gasteiger partial charge in [0.1, 0.15) is 32.7 Å². The molecule has 1 amide bonds. The van der Waals surface area contributed by atoms with Crippen LogP contribution in [0.25, 0.3) is 0 Å². The highest BCUT2D eigenvalue weighted by molar-refractivity contribution is 9.10. The van der Waals surface area contributed by atoms with Gasteiger partial charge in [0.15, 0.2) is 6.54 Å². The Hall–Kier alpha value is -2.02. The minimum atomic E-state index is -0.0326. The van der Waals surface area contributed by atoms with E-state index in [-0.39, 0.29) is 5.91 Å². The molecule has 0 bridgehead atoms. The van der Waals surface area contributed by atoms with Gasteiger partial charge in [0, 0.05) is 15.6 Å². The number of nitrogens with zero attached hydrogens (tertiary/aromatic N) is 1. The molecule has 1 heterocycles. The second-order valence-electron chi connectivity index (χ2n) is 6.65. The van der Waals surface area contributed by atoms with Crippen molar-refractivity contribution in [2.45, 2.75) is 6.54 Å². The maximum Gasteiger partial charge on any atom is 0.295 e. The monoisotopic (exact) mass is 416 g/mol. The molecule has 0 aromatic heterocycles. The molecule has 0 aliphatic carbocycles. The molecule has 2 aromatic rings. The summed E-state index contributed by atoms with van der Waals surface area (Å²) in [6, 6.07) is 18.4. The summed E-state index contributed by atoms with van der Waals surface area (Å²) in [6.07, 6.45) is 1.67. The number of quaternary nitrogens is 2. The first-order valence-electron chi connectivity index (χ1n) is 8.98. The van der Waals surface area contributed by atoms with E-state index in [4.69, 9.17) is 0 Å². The number of carbonyl (C=O) groups excluding carboxylic acids is 1. The van der Waals surface area contributed by atoms with Gasteiger partial charge < -0.3 is 9.80 Å². The molecule has 0 radical (unpaired) electrons. The van der Waals surface area contributed by atoms with Gasteiger partial charge in [0.25, 0.3) is 5.91 Å². The van der Waals surface area contributed by atoms with Gasteiger partial charge in [0.05, 0.1) is 6.21 Å². The fraction of sp³-hybridized carbons (Fsp3) is 0.300. The van der Waals surface area contributed by atoms with E-state index in [0.717, 1.165) is 42.8 Å². The Kier molecular flexibility index (Phi) is 6.94. The molecule has 2 aromatic carbocycles. The Balaban J connectivity index is 1.39. The molecule has 1 aliphatic rings. The molecule has 3 N–H and O–H groups in total. The first-order chi connectivity index (χ1) is 12.7. The van der Waals surface area contributed by atoms with Crippen LogP contribution in [0.1, 0.15) is 11.1 Å². The van der Waals surface area contributed by atoms with Crippen molar-refractivity contribution in [3.05, 3.63) is 70.2 Å². The molecule has 5 nitrogen and oxygen atoms in total. The Morgan fingerprint density at radius 2 is 1.65 bits per heavy atom. The number of rotatable bonds is 6. The normalized spacial score (nSPS) is 20.2. The van der Waals surface area contributed by atoms with Crippen LogP contribution in [0.15, 0.2) is 64.2 Å². The molecule has 6 heteroatoms. The van der Waals surface area contributed by atoms with Gasteiger partial charge in [-0.1, -0.05) is 64.5 Å². The maximum atomic E-state index is 12.1. The average molecular weight is 417 g/mol. The fourth-order valence-electron chi connectivity index (χ4n) is 3.22. The second-order valence-corrected chi connectivity index (χ2v) is 7.51. The maximum absolute atomic E-state index is 12.1. The Labute approximate surface area is 162 Å². The van der Waals surface area contributed by atoms with Crippen molar-refractivity contribution < 1.29 is 14.6 Å². The zero-order valence-corrected chi connectivity index (χ0v) is 16.3. The van der Waals surface area contributed by atoms with Crippen LogP contribution in [0.5, 0.6) is 0 Å². The summed E-state index contributed by atoms with van der Waals surface area (Å²) >= 11 is 3.46. The van der Waals surface area contributed by atoms with Crippen LogP contribution >= 0.6 is 15.9 Å². The van der Waals surface area contributed by atoms with Gasteiger partial charge in [-0.3, -0.25) is 4.79 Å². The zero-order chi connectivity index (χ0) is 18.2. The molecule has 3 rings (SSSR count). The quantitative estimate of drug-likeness (QED) is 0.446. The SMILES string of the molecule is O=C(C[NH+]1CC[NH+](Cc2ccccc2)CC1)N/N=C\c1ccccc1Br. The lowest BCUT2D eigenvalue weighted by Gasteiger charge is -2.29. The van der Waals surface area contributed by atoms with Gasteiger partial charge in [-0.2, -0.15) is 5.10 Å². The van der Waals surface area contributed by atoms with Crippen LogP contribution in [0, 0.1) is 0 Å². The summed E-state index contributed by atoms with van der Waals surface area (Å²) < 4.78 is 0.959. The van der Waals surface area contributed by atoms with E-state index in [0.29, 0.717) is 6.54 Å². The number of carbonyl (C=O) groups is 1. The number of hydrazone groups is 1. The first-order valence-corrected chi connectivity index (χ1v) is 9.77. The Morgan fingerprint density at radius 3 is 2.38 bits per heavy atom. The highest BCUT2D eigenvalue weighted by Crippen LogP contribution is 2.13. The lowest BCUT2D eigenvalue weighted by molar-refractivity contribution is -1.02. The van der Waals surface area contributed by atoms with Crippen molar-refractivity contribution in [1.29, 1.82) is 0 Å². The van der Waals surface area contributed by atoms with Gasteiger partial charge >= 0.3 is 0 Å². The number of hydrogen-bond donors (Lipinski definition) is 3. The number of benzene rings is 2. The van der Waals surface area contributed by atoms with Crippen LogP contribution in [-0.4, -0.2) is 44.8 Å². The summed E-state index contributed by atoms with van der Waals surface area (Å²) in [5.74, 6) is -0.0326. The standard InChI is InChI=1S/C20H23BrN4O/c21-19-9-5-4-8-18(19)14-22-23-20(26)16-25-12-10-24(11-13-25)15-17-6-2-1-3-7-17/h1-9,14H,10-13,15-16H2,(H,23,26)/p+2/b22-14-. The Bertz CT molecular complexity index is 742. The van der Waals surface area contributed by atoms with Crippen LogP contribution < -0.4 is 15.2 Å². The number of amides is 1. The van der Waals surface area contributed by atoms with E-state index >= 15 is 0 Å². The molecular formula is C20H25BrN4O+2. The van der Waals surface area contributed by atoms with Crippen molar-refractivity contribution in [3.8, 4) is 0 Å². The average Bonchev–Trinajstić information content (AvgIpc) is 2.66.